The number of aliphatic hydroxyl groups is 1. The van der Waals surface area contributed by atoms with Gasteiger partial charge in [0.05, 0.1) is 36.6 Å². The molecular formula is C76H89F2N25O14. The average Bonchev–Trinajstić information content (AvgIpc) is 1.64. The summed E-state index contributed by atoms with van der Waals surface area (Å²) in [6.45, 7) is 27.3. The van der Waals surface area contributed by atoms with Crippen LogP contribution >= 0.6 is 0 Å². The van der Waals surface area contributed by atoms with Crippen molar-refractivity contribution in [2.24, 2.45) is 35.5 Å². The highest BCUT2D eigenvalue weighted by molar-refractivity contribution is 6.13. The fraction of sp³-hybridized carbons (Fsp3) is 0.395. The van der Waals surface area contributed by atoms with Crippen LogP contribution in [-0.2, 0) is 38.4 Å². The Bertz CT molecular complexity index is 4940. The zero-order valence-corrected chi connectivity index (χ0v) is 65.7. The Morgan fingerprint density at radius 1 is 0.496 bits per heavy atom. The van der Waals surface area contributed by atoms with Crippen molar-refractivity contribution < 1.29 is 77.3 Å². The highest BCUT2D eigenvalue weighted by atomic mass is 19.1. The van der Waals surface area contributed by atoms with E-state index in [0.29, 0.717) is 61.5 Å². The van der Waals surface area contributed by atoms with Gasteiger partial charge in [0.25, 0.3) is 17.7 Å². The molecule has 7 saturated heterocycles. The van der Waals surface area contributed by atoms with Crippen molar-refractivity contribution in [3.63, 3.8) is 0 Å². The van der Waals surface area contributed by atoms with E-state index in [9.17, 15) is 47.1 Å². The van der Waals surface area contributed by atoms with Gasteiger partial charge in [-0.3, -0.25) is 49.1 Å². The van der Waals surface area contributed by atoms with Gasteiger partial charge in [0.2, 0.25) is 41.6 Å². The van der Waals surface area contributed by atoms with Gasteiger partial charge >= 0.3 is 17.9 Å². The van der Waals surface area contributed by atoms with Crippen LogP contribution in [0.3, 0.4) is 0 Å². The number of aromatic nitrogens is 16. The molecule has 39 nitrogen and oxygen atoms in total. The molecule has 0 unspecified atom stereocenters. The summed E-state index contributed by atoms with van der Waals surface area (Å²) >= 11 is 0. The molecule has 5 amide bonds. The molecule has 0 radical (unpaired) electrons. The number of nitrogens with one attached hydrogen (secondary N) is 4. The number of amides is 5. The van der Waals surface area contributed by atoms with Crippen molar-refractivity contribution in [1.82, 2.24) is 101 Å². The first-order chi connectivity index (χ1) is 55.9. The minimum atomic E-state index is -1.35. The number of anilines is 5. The second kappa shape index (κ2) is 39.7. The molecule has 0 bridgehead atoms. The van der Waals surface area contributed by atoms with Crippen LogP contribution in [0.25, 0.3) is 11.4 Å². The molecule has 7 fully saturated rings. The molecule has 616 valence electrons. The number of aromatic carboxylic acids is 1. The normalized spacial score (nSPS) is 18.9. The van der Waals surface area contributed by atoms with Gasteiger partial charge in [0, 0.05) is 146 Å². The number of aliphatic hydroxyl groups excluding tert-OH is 1. The van der Waals surface area contributed by atoms with Gasteiger partial charge in [0.15, 0.2) is 13.5 Å². The second-order valence-electron chi connectivity index (χ2n) is 28.2. The first kappa shape index (κ1) is 86.1. The van der Waals surface area contributed by atoms with Crippen LogP contribution in [0.4, 0.5) is 38.5 Å². The number of rotatable bonds is 12. The van der Waals surface area contributed by atoms with Crippen LogP contribution in [0.5, 0.6) is 0 Å². The molecule has 17 rings (SSSR count). The van der Waals surface area contributed by atoms with Gasteiger partial charge in [-0.15, -0.1) is 0 Å². The number of halogens is 2. The number of aryl methyl sites for hydroxylation is 10. The van der Waals surface area contributed by atoms with E-state index in [1.54, 1.807) is 21.9 Å². The SMILES string of the molecule is Cc1cc(C)nc(N2COC(=O)C2)n1.Cc1cc(C)nc(N2C[C@@H]3C(=O)NC(=O)[C@@H]3C2)n1.Cc1cc(C)nc(N2C[C@H]3CN(C(=O)c4c(F)cccc4-n4nccn4)C[C@H]3C2)n1.Cc1cc(C)nc(N2C[C@H]3CNC[C@H]3C2)n1.Cc1cc(C)nc(NCC(=O)O)n1.O=C(O)c1c(F)cccc1-n1nccn1.O=C1C=CC(=O)N1.OCOO. The molecule has 117 heavy (non-hydrogen) atoms. The van der Waals surface area contributed by atoms with Gasteiger partial charge in [-0.25, -0.2) is 73.6 Å². The number of fused-ring (bicyclic) bond motifs is 3. The van der Waals surface area contributed by atoms with E-state index in [2.05, 4.69) is 101 Å². The minimum absolute atomic E-state index is 0.0168. The number of benzene rings is 2. The number of nitrogens with zero attached hydrogens (tertiary/aromatic N) is 21. The third-order valence-corrected chi connectivity index (χ3v) is 18.9. The Labute approximate surface area is 669 Å². The number of hydrogen-bond donors (Lipinski definition) is 8. The molecule has 0 spiro atoms. The van der Waals surface area contributed by atoms with Crippen LogP contribution in [0, 0.1) is 116 Å². The number of hydrogen-bond acceptors (Lipinski definition) is 32. The lowest BCUT2D eigenvalue weighted by molar-refractivity contribution is -0.285. The monoisotopic (exact) mass is 1610 g/mol. The lowest BCUT2D eigenvalue weighted by atomic mass is 10.00. The maximum atomic E-state index is 14.7. The molecule has 7 aromatic heterocycles. The van der Waals surface area contributed by atoms with Crippen LogP contribution in [0.15, 0.2) is 104 Å². The lowest BCUT2D eigenvalue weighted by Crippen LogP contribution is -2.35. The molecule has 0 aliphatic carbocycles. The molecule has 9 aromatic rings. The number of carbonyl (C=O) groups is 8. The predicted molar refractivity (Wildman–Crippen MR) is 414 cm³/mol. The van der Waals surface area contributed by atoms with Crippen molar-refractivity contribution in [1.29, 1.82) is 0 Å². The topological polar surface area (TPSA) is 491 Å². The summed E-state index contributed by atoms with van der Waals surface area (Å²) in [5.74, 6) is -0.243. The summed E-state index contributed by atoms with van der Waals surface area (Å²) in [7, 11) is 0. The highest BCUT2D eigenvalue weighted by Crippen LogP contribution is 2.36. The van der Waals surface area contributed by atoms with Gasteiger partial charge in [0.1, 0.15) is 47.2 Å². The number of aliphatic carboxylic acids is 1. The lowest BCUT2D eigenvalue weighted by Gasteiger charge is -2.23. The molecular weight excluding hydrogens is 1520 g/mol. The Balaban J connectivity index is 0.000000148. The van der Waals surface area contributed by atoms with Crippen LogP contribution < -0.4 is 40.9 Å². The summed E-state index contributed by atoms with van der Waals surface area (Å²) in [4.78, 5) is 147. The van der Waals surface area contributed by atoms with E-state index < -0.39 is 35.9 Å². The van der Waals surface area contributed by atoms with Crippen LogP contribution in [0.2, 0.25) is 0 Å². The van der Waals surface area contributed by atoms with E-state index in [1.807, 2.05) is 110 Å². The summed E-state index contributed by atoms with van der Waals surface area (Å²) in [5, 5.41) is 57.8. The van der Waals surface area contributed by atoms with E-state index in [4.69, 9.17) is 25.3 Å². The smallest absolute Gasteiger partial charge is 0.340 e. The number of carboxylic acid groups (broad SMARTS) is 2. The number of carboxylic acids is 2. The van der Waals surface area contributed by atoms with Crippen molar-refractivity contribution >= 4 is 77.2 Å². The van der Waals surface area contributed by atoms with E-state index in [0.717, 1.165) is 131 Å². The van der Waals surface area contributed by atoms with Crippen LogP contribution in [-0.4, -0.2) is 245 Å². The third kappa shape index (κ3) is 23.5. The minimum Gasteiger partial charge on any atom is -0.480 e. The van der Waals surface area contributed by atoms with Gasteiger partial charge < -0.3 is 50.3 Å². The van der Waals surface area contributed by atoms with Crippen molar-refractivity contribution in [2.75, 3.05) is 117 Å². The molecule has 15 heterocycles. The molecule has 6 atom stereocenters. The summed E-state index contributed by atoms with van der Waals surface area (Å²) < 4.78 is 32.7. The number of likely N-dealkylation sites (tertiary alicyclic amines) is 1. The fourth-order valence-corrected chi connectivity index (χ4v) is 14.0. The zero-order valence-electron chi connectivity index (χ0n) is 65.7. The van der Waals surface area contributed by atoms with E-state index >= 15 is 0 Å². The van der Waals surface area contributed by atoms with Gasteiger partial charge in [-0.05, 0) is 136 Å². The zero-order chi connectivity index (χ0) is 84.3. The average molecular weight is 1610 g/mol. The number of cyclic esters (lactones) is 1. The summed E-state index contributed by atoms with van der Waals surface area (Å²) in [6, 6.07) is 18.0. The number of ether oxygens (including phenoxy) is 1. The molecule has 2 aromatic carbocycles. The summed E-state index contributed by atoms with van der Waals surface area (Å²) in [5.41, 5.74) is 9.29. The second-order valence-corrected chi connectivity index (χ2v) is 28.2. The highest BCUT2D eigenvalue weighted by Gasteiger charge is 2.49. The van der Waals surface area contributed by atoms with Crippen molar-refractivity contribution in [3.8, 4) is 11.4 Å². The number of carbonyl (C=O) groups excluding carboxylic acids is 6. The van der Waals surface area contributed by atoms with E-state index in [1.165, 1.54) is 59.9 Å². The van der Waals surface area contributed by atoms with E-state index in [-0.39, 0.29) is 78.4 Å². The molecule has 8 aliphatic heterocycles. The standard InChI is InChI=1S/C21H22FN7O.C12H14N4O2.C12H18N4.C9H6FN3O2.C9H11N3O2.C8H11N3O2.C4H3NO2.CH4O3/c1-13-8-14(2)26-21(25-13)28-11-15-9-27(10-16(15)12-28)20(30)19-17(22)4-3-5-18(19)29-23-6-7-24-29;1-6-3-7(2)14-12(13-6)16-4-8-9(5-16)11(18)15-10(8)17;1-8-3-9(2)15-12(14-8)16-6-10-4-13-5-11(10)7-16;10-6-2-1-3-7(8(6)9(14)15)13-11-4-5-12-13;1-6-3-7(2)11-9(10-6)12-4-8(13)14-5-12;1-5-3-6(2)11-8(10-5)9-4-7(12)13;6-3-1-2-4(7)5-3;2-1-4-3/h3-8,15-16H,9-12H2,1-2H3;3,8-9H,4-5H2,1-2H3,(H,15,17,18);3,10-11,13H,4-7H2,1-2H3;1-5H,(H,14,15);3H,4-5H2,1-2H3;3H,4H2,1-2H3,(H,12,13)(H,9,10,11);1-2H,(H,5,6,7);2-3H,1H2/t15-,16+;8-,9+;10-,11+;;;;;. The number of imide groups is 2. The Morgan fingerprint density at radius 3 is 1.21 bits per heavy atom. The first-order valence-corrected chi connectivity index (χ1v) is 36.9. The first-order valence-electron chi connectivity index (χ1n) is 36.9. The summed E-state index contributed by atoms with van der Waals surface area (Å²) in [6.07, 6.45) is 8.17. The number of esters is 1. The Kier molecular flexibility index (Phi) is 29.2. The molecule has 8 aliphatic rings. The largest absolute Gasteiger partial charge is 0.480 e. The van der Waals surface area contributed by atoms with Gasteiger partial charge in [-0.1, -0.05) is 12.1 Å². The van der Waals surface area contributed by atoms with Crippen LogP contribution in [0.1, 0.15) is 77.7 Å². The van der Waals surface area contributed by atoms with Crippen molar-refractivity contribution in [2.45, 2.75) is 69.2 Å². The quantitative estimate of drug-likeness (QED) is 0.0286. The molecule has 0 saturated carbocycles. The predicted octanol–water partition coefficient (Wildman–Crippen LogP) is 3.31. The fourth-order valence-electron chi connectivity index (χ4n) is 14.0. The maximum Gasteiger partial charge on any atom is 0.340 e. The Morgan fingerprint density at radius 2 is 0.855 bits per heavy atom. The molecule has 41 heteroatoms. The van der Waals surface area contributed by atoms with Gasteiger partial charge in [-0.2, -0.15) is 30.0 Å². The third-order valence-electron chi connectivity index (χ3n) is 18.9. The molecule has 8 N–H and O–H groups in total. The van der Waals surface area contributed by atoms with Crippen molar-refractivity contribution in [3.05, 3.63) is 183 Å². The Hall–Kier alpha value is -13.3. The maximum absolute atomic E-state index is 14.7.